The summed E-state index contributed by atoms with van der Waals surface area (Å²) in [5.74, 6) is 1.38. The van der Waals surface area contributed by atoms with Crippen LogP contribution in [0, 0.1) is 0 Å². The van der Waals surface area contributed by atoms with E-state index in [-0.39, 0.29) is 17.6 Å². The lowest BCUT2D eigenvalue weighted by Gasteiger charge is -2.39. The van der Waals surface area contributed by atoms with E-state index in [1.807, 2.05) is 39.8 Å². The SMILES string of the molecule is CCNC(=S)N1CCc2cc(OC)c(OC)cc2[C@H]1CNC(=O)NC(C)(C)C. The van der Waals surface area contributed by atoms with E-state index in [4.69, 9.17) is 21.7 Å². The van der Waals surface area contributed by atoms with Gasteiger partial charge in [0, 0.05) is 25.2 Å². The zero-order chi connectivity index (χ0) is 20.9. The number of benzene rings is 1. The minimum absolute atomic E-state index is 0.0965. The van der Waals surface area contributed by atoms with Gasteiger partial charge in [0.2, 0.25) is 0 Å². The molecule has 0 saturated carbocycles. The van der Waals surface area contributed by atoms with Gasteiger partial charge in [-0.15, -0.1) is 0 Å². The van der Waals surface area contributed by atoms with E-state index >= 15 is 0 Å². The Labute approximate surface area is 173 Å². The van der Waals surface area contributed by atoms with E-state index in [1.54, 1.807) is 14.2 Å². The van der Waals surface area contributed by atoms with Crippen LogP contribution in [0.3, 0.4) is 0 Å². The standard InChI is InChI=1S/C20H32N4O3S/c1-7-21-19(28)24-9-8-13-10-16(26-5)17(27-6)11-14(13)15(24)12-22-18(25)23-20(2,3)4/h10-11,15H,7-9,12H2,1-6H3,(H,21,28)(H2,22,23,25)/t15-/m1/s1. The first-order valence-corrected chi connectivity index (χ1v) is 9.96. The Morgan fingerprint density at radius 1 is 1.21 bits per heavy atom. The third kappa shape index (κ3) is 5.41. The van der Waals surface area contributed by atoms with E-state index in [0.29, 0.717) is 23.2 Å². The van der Waals surface area contributed by atoms with Crippen LogP contribution >= 0.6 is 12.2 Å². The van der Waals surface area contributed by atoms with Crippen LogP contribution in [0.5, 0.6) is 11.5 Å². The van der Waals surface area contributed by atoms with Crippen molar-refractivity contribution in [3.05, 3.63) is 23.3 Å². The van der Waals surface area contributed by atoms with Gasteiger partial charge >= 0.3 is 6.03 Å². The largest absolute Gasteiger partial charge is 0.493 e. The third-order valence-electron chi connectivity index (χ3n) is 4.54. The minimum Gasteiger partial charge on any atom is -0.493 e. The summed E-state index contributed by atoms with van der Waals surface area (Å²) in [4.78, 5) is 14.4. The second kappa shape index (κ2) is 9.32. The highest BCUT2D eigenvalue weighted by molar-refractivity contribution is 7.80. The molecule has 0 saturated heterocycles. The molecule has 1 aliphatic heterocycles. The van der Waals surface area contributed by atoms with Crippen LogP contribution in [-0.2, 0) is 6.42 Å². The lowest BCUT2D eigenvalue weighted by Crippen LogP contribution is -2.52. The van der Waals surface area contributed by atoms with Crippen LogP contribution in [0.4, 0.5) is 4.79 Å². The first-order chi connectivity index (χ1) is 13.2. The molecule has 1 aromatic rings. The van der Waals surface area contributed by atoms with Crippen molar-refractivity contribution in [1.82, 2.24) is 20.9 Å². The molecule has 8 heteroatoms. The third-order valence-corrected chi connectivity index (χ3v) is 4.91. The van der Waals surface area contributed by atoms with Crippen LogP contribution in [0.2, 0.25) is 0 Å². The number of carbonyl (C=O) groups is 1. The Kier molecular flexibility index (Phi) is 7.35. The predicted molar refractivity (Wildman–Crippen MR) is 115 cm³/mol. The second-order valence-corrected chi connectivity index (χ2v) is 8.17. The number of hydrogen-bond acceptors (Lipinski definition) is 4. The number of nitrogens with one attached hydrogen (secondary N) is 3. The summed E-state index contributed by atoms with van der Waals surface area (Å²) in [5, 5.41) is 9.83. The van der Waals surface area contributed by atoms with Crippen LogP contribution in [0.25, 0.3) is 0 Å². The maximum absolute atomic E-state index is 12.3. The Hall–Kier alpha value is -2.22. The van der Waals surface area contributed by atoms with Crippen molar-refractivity contribution in [2.24, 2.45) is 0 Å². The van der Waals surface area contributed by atoms with E-state index in [9.17, 15) is 4.79 Å². The van der Waals surface area contributed by atoms with E-state index in [1.165, 1.54) is 5.56 Å². The van der Waals surface area contributed by atoms with Crippen molar-refractivity contribution >= 4 is 23.4 Å². The highest BCUT2D eigenvalue weighted by Gasteiger charge is 2.31. The lowest BCUT2D eigenvalue weighted by atomic mass is 9.92. The molecule has 1 atom stereocenters. The van der Waals surface area contributed by atoms with E-state index in [2.05, 4.69) is 20.9 Å². The molecule has 1 aliphatic rings. The number of carbonyl (C=O) groups excluding carboxylic acids is 1. The second-order valence-electron chi connectivity index (χ2n) is 7.79. The average Bonchev–Trinajstić information content (AvgIpc) is 2.63. The van der Waals surface area contributed by atoms with Crippen LogP contribution in [-0.4, -0.2) is 55.4 Å². The molecule has 0 spiro atoms. The fraction of sp³-hybridized carbons (Fsp3) is 0.600. The quantitative estimate of drug-likeness (QED) is 0.651. The summed E-state index contributed by atoms with van der Waals surface area (Å²) in [6, 6.07) is 3.71. The molecule has 1 aromatic carbocycles. The summed E-state index contributed by atoms with van der Waals surface area (Å²) < 4.78 is 10.9. The van der Waals surface area contributed by atoms with Crippen LogP contribution < -0.4 is 25.4 Å². The topological polar surface area (TPSA) is 74.9 Å². The first-order valence-electron chi connectivity index (χ1n) is 9.55. The molecule has 1 heterocycles. The maximum Gasteiger partial charge on any atom is 0.315 e. The van der Waals surface area contributed by atoms with Gasteiger partial charge in [0.1, 0.15) is 0 Å². The van der Waals surface area contributed by atoms with Crippen LogP contribution in [0.15, 0.2) is 12.1 Å². The van der Waals surface area contributed by atoms with Gasteiger partial charge in [0.15, 0.2) is 16.6 Å². The van der Waals surface area contributed by atoms with Gasteiger partial charge < -0.3 is 30.3 Å². The molecule has 3 N–H and O–H groups in total. The summed E-state index contributed by atoms with van der Waals surface area (Å²) in [5.41, 5.74) is 1.96. The zero-order valence-electron chi connectivity index (χ0n) is 17.6. The molecule has 156 valence electrons. The highest BCUT2D eigenvalue weighted by atomic mass is 32.1. The number of thiocarbonyl (C=S) groups is 1. The number of rotatable bonds is 5. The van der Waals surface area contributed by atoms with Crippen molar-refractivity contribution in [3.8, 4) is 11.5 Å². The molecule has 0 unspecified atom stereocenters. The molecule has 28 heavy (non-hydrogen) atoms. The molecule has 2 amide bonds. The summed E-state index contributed by atoms with van der Waals surface area (Å²) in [6.07, 6.45) is 0.839. The van der Waals surface area contributed by atoms with Gasteiger partial charge in [-0.1, -0.05) is 0 Å². The summed E-state index contributed by atoms with van der Waals surface area (Å²) in [6.45, 7) is 9.81. The van der Waals surface area contributed by atoms with Crippen molar-refractivity contribution in [1.29, 1.82) is 0 Å². The van der Waals surface area contributed by atoms with Gasteiger partial charge in [-0.2, -0.15) is 0 Å². The van der Waals surface area contributed by atoms with E-state index in [0.717, 1.165) is 25.1 Å². The van der Waals surface area contributed by atoms with Crippen molar-refractivity contribution in [3.63, 3.8) is 0 Å². The molecule has 0 aliphatic carbocycles. The maximum atomic E-state index is 12.3. The smallest absolute Gasteiger partial charge is 0.315 e. The Balaban J connectivity index is 2.32. The summed E-state index contributed by atoms with van der Waals surface area (Å²) >= 11 is 5.59. The van der Waals surface area contributed by atoms with Gasteiger partial charge in [-0.05, 0) is 69.6 Å². The van der Waals surface area contributed by atoms with Gasteiger partial charge in [0.25, 0.3) is 0 Å². The van der Waals surface area contributed by atoms with Gasteiger partial charge in [-0.3, -0.25) is 0 Å². The number of methoxy groups -OCH3 is 2. The molecule has 0 fully saturated rings. The fourth-order valence-electron chi connectivity index (χ4n) is 3.32. The van der Waals surface area contributed by atoms with Gasteiger partial charge in [0.05, 0.1) is 20.3 Å². The highest BCUT2D eigenvalue weighted by Crippen LogP contribution is 2.38. The van der Waals surface area contributed by atoms with E-state index < -0.39 is 0 Å². The monoisotopic (exact) mass is 408 g/mol. The fourth-order valence-corrected chi connectivity index (χ4v) is 3.68. The number of nitrogens with zero attached hydrogens (tertiary/aromatic N) is 1. The number of urea groups is 1. The molecule has 0 bridgehead atoms. The Morgan fingerprint density at radius 2 is 1.86 bits per heavy atom. The molecule has 0 aromatic heterocycles. The Bertz CT molecular complexity index is 718. The first kappa shape index (κ1) is 22.1. The number of hydrogen-bond donors (Lipinski definition) is 3. The lowest BCUT2D eigenvalue weighted by molar-refractivity contribution is 0.224. The Morgan fingerprint density at radius 3 is 2.43 bits per heavy atom. The number of amides is 2. The minimum atomic E-state index is -0.302. The molecule has 0 radical (unpaired) electrons. The van der Waals surface area contributed by atoms with Crippen molar-refractivity contribution in [2.75, 3.05) is 33.9 Å². The molecule has 2 rings (SSSR count). The molecular weight excluding hydrogens is 376 g/mol. The van der Waals surface area contributed by atoms with Gasteiger partial charge in [-0.25, -0.2) is 4.79 Å². The zero-order valence-corrected chi connectivity index (χ0v) is 18.5. The summed E-state index contributed by atoms with van der Waals surface area (Å²) in [7, 11) is 3.26. The van der Waals surface area contributed by atoms with Crippen molar-refractivity contribution in [2.45, 2.75) is 45.7 Å². The molecule has 7 nitrogen and oxygen atoms in total. The predicted octanol–water partition coefficient (Wildman–Crippen LogP) is 2.60. The normalized spacial score (nSPS) is 16.1. The number of fused-ring (bicyclic) bond motifs is 1. The average molecular weight is 409 g/mol. The molecular formula is C20H32N4O3S. The number of ether oxygens (including phenoxy) is 2. The van der Waals surface area contributed by atoms with Crippen LogP contribution in [0.1, 0.15) is 44.9 Å². The van der Waals surface area contributed by atoms with Crippen molar-refractivity contribution < 1.29 is 14.3 Å².